The molecular formula is C25H32O. The molecule has 2 saturated carbocycles. The highest BCUT2D eigenvalue weighted by Gasteiger charge is 2.36. The molecule has 0 spiro atoms. The average Bonchev–Trinajstić information content (AvgIpc) is 3.36. The van der Waals surface area contributed by atoms with Gasteiger partial charge in [-0.3, -0.25) is 0 Å². The summed E-state index contributed by atoms with van der Waals surface area (Å²) in [7, 11) is 0. The molecule has 0 heterocycles. The fraction of sp³-hybridized carbons (Fsp3) is 0.520. The van der Waals surface area contributed by atoms with Gasteiger partial charge in [0.1, 0.15) is 5.75 Å². The molecule has 138 valence electrons. The minimum Gasteiger partial charge on any atom is -0.490 e. The molecule has 26 heavy (non-hydrogen) atoms. The van der Waals surface area contributed by atoms with Gasteiger partial charge in [0.2, 0.25) is 0 Å². The molecule has 1 atom stereocenters. The molecule has 0 radical (unpaired) electrons. The van der Waals surface area contributed by atoms with Crippen LogP contribution in [0.4, 0.5) is 0 Å². The van der Waals surface area contributed by atoms with Crippen LogP contribution in [0.25, 0.3) is 11.1 Å². The van der Waals surface area contributed by atoms with E-state index in [-0.39, 0.29) is 0 Å². The third-order valence-corrected chi connectivity index (χ3v) is 6.26. The number of benzene rings is 2. The van der Waals surface area contributed by atoms with Gasteiger partial charge in [-0.15, -0.1) is 0 Å². The van der Waals surface area contributed by atoms with Gasteiger partial charge in [0.25, 0.3) is 0 Å². The maximum atomic E-state index is 6.06. The number of hydrogen-bond acceptors (Lipinski definition) is 1. The standard InChI is InChI=1S/C25H32O/c1-4-7-18-11-14-22(23(16-18)24-10-6-15-25(24,2)3)19-8-5-9-21(17-19)26-20-12-13-20/h5,8-9,11,14,16-17,20,24H,4,6-7,10,12-13,15H2,1-3H3. The molecule has 2 aliphatic rings. The highest BCUT2D eigenvalue weighted by atomic mass is 16.5. The topological polar surface area (TPSA) is 9.23 Å². The molecule has 1 nitrogen and oxygen atoms in total. The number of ether oxygens (including phenoxy) is 1. The van der Waals surface area contributed by atoms with E-state index in [0.29, 0.717) is 17.4 Å². The monoisotopic (exact) mass is 348 g/mol. The van der Waals surface area contributed by atoms with Crippen LogP contribution in [-0.4, -0.2) is 6.10 Å². The molecule has 0 N–H and O–H groups in total. The Labute approximate surface area is 158 Å². The van der Waals surface area contributed by atoms with E-state index in [9.17, 15) is 0 Å². The van der Waals surface area contributed by atoms with E-state index in [1.165, 1.54) is 61.6 Å². The first-order chi connectivity index (χ1) is 12.6. The summed E-state index contributed by atoms with van der Waals surface area (Å²) < 4.78 is 6.06. The Morgan fingerprint density at radius 1 is 1.04 bits per heavy atom. The quantitative estimate of drug-likeness (QED) is 0.539. The molecular weight excluding hydrogens is 316 g/mol. The fourth-order valence-corrected chi connectivity index (χ4v) is 4.63. The highest BCUT2D eigenvalue weighted by Crippen LogP contribution is 2.51. The molecule has 0 saturated heterocycles. The second-order valence-corrected chi connectivity index (χ2v) is 8.95. The van der Waals surface area contributed by atoms with Crippen molar-refractivity contribution in [1.82, 2.24) is 0 Å². The van der Waals surface area contributed by atoms with Crippen molar-refractivity contribution in [3.8, 4) is 16.9 Å². The van der Waals surface area contributed by atoms with E-state index >= 15 is 0 Å². The molecule has 2 fully saturated rings. The van der Waals surface area contributed by atoms with E-state index in [0.717, 1.165) is 5.75 Å². The summed E-state index contributed by atoms with van der Waals surface area (Å²) in [5, 5.41) is 0. The first-order valence-electron chi connectivity index (χ1n) is 10.5. The zero-order valence-corrected chi connectivity index (χ0v) is 16.6. The largest absolute Gasteiger partial charge is 0.490 e. The van der Waals surface area contributed by atoms with Crippen LogP contribution in [-0.2, 0) is 6.42 Å². The number of aryl methyl sites for hydroxylation is 1. The smallest absolute Gasteiger partial charge is 0.120 e. The molecule has 1 unspecified atom stereocenters. The van der Waals surface area contributed by atoms with Gasteiger partial charge < -0.3 is 4.74 Å². The molecule has 2 aliphatic carbocycles. The number of hydrogen-bond donors (Lipinski definition) is 0. The van der Waals surface area contributed by atoms with Crippen molar-refractivity contribution in [2.75, 3.05) is 0 Å². The van der Waals surface area contributed by atoms with Crippen molar-refractivity contribution in [3.05, 3.63) is 53.6 Å². The predicted molar refractivity (Wildman–Crippen MR) is 110 cm³/mol. The lowest BCUT2D eigenvalue weighted by Crippen LogP contribution is -2.16. The Morgan fingerprint density at radius 2 is 1.88 bits per heavy atom. The van der Waals surface area contributed by atoms with Crippen LogP contribution >= 0.6 is 0 Å². The summed E-state index contributed by atoms with van der Waals surface area (Å²) in [4.78, 5) is 0. The molecule has 0 bridgehead atoms. The molecule has 1 heteroatoms. The van der Waals surface area contributed by atoms with Crippen molar-refractivity contribution in [2.45, 2.75) is 77.7 Å². The van der Waals surface area contributed by atoms with Crippen LogP contribution in [0.2, 0.25) is 0 Å². The summed E-state index contributed by atoms with van der Waals surface area (Å²) in [6.07, 6.45) is 9.23. The van der Waals surface area contributed by atoms with Gasteiger partial charge in [-0.25, -0.2) is 0 Å². The van der Waals surface area contributed by atoms with Crippen LogP contribution < -0.4 is 4.74 Å². The van der Waals surface area contributed by atoms with Crippen molar-refractivity contribution in [1.29, 1.82) is 0 Å². The van der Waals surface area contributed by atoms with E-state index in [2.05, 4.69) is 63.2 Å². The molecule has 2 aromatic carbocycles. The van der Waals surface area contributed by atoms with Gasteiger partial charge >= 0.3 is 0 Å². The van der Waals surface area contributed by atoms with E-state index in [4.69, 9.17) is 4.74 Å². The minimum atomic E-state index is 0.391. The lowest BCUT2D eigenvalue weighted by atomic mass is 9.75. The zero-order valence-electron chi connectivity index (χ0n) is 16.6. The first kappa shape index (κ1) is 17.6. The fourth-order valence-electron chi connectivity index (χ4n) is 4.63. The Balaban J connectivity index is 1.75. The summed E-state index contributed by atoms with van der Waals surface area (Å²) in [5.74, 6) is 1.68. The van der Waals surface area contributed by atoms with Crippen molar-refractivity contribution < 1.29 is 4.74 Å². The van der Waals surface area contributed by atoms with E-state index in [1.54, 1.807) is 5.56 Å². The zero-order chi connectivity index (χ0) is 18.1. The van der Waals surface area contributed by atoms with Gasteiger partial charge in [0, 0.05) is 0 Å². The lowest BCUT2D eigenvalue weighted by molar-refractivity contribution is 0.303. The summed E-state index contributed by atoms with van der Waals surface area (Å²) in [6.45, 7) is 7.17. The third kappa shape index (κ3) is 3.68. The predicted octanol–water partition coefficient (Wildman–Crippen LogP) is 7.14. The van der Waals surface area contributed by atoms with Crippen molar-refractivity contribution in [2.24, 2.45) is 5.41 Å². The highest BCUT2D eigenvalue weighted by molar-refractivity contribution is 5.70. The van der Waals surface area contributed by atoms with Crippen LogP contribution in [0.15, 0.2) is 42.5 Å². The Bertz CT molecular complexity index is 769. The summed E-state index contributed by atoms with van der Waals surface area (Å²) >= 11 is 0. The third-order valence-electron chi connectivity index (χ3n) is 6.26. The minimum absolute atomic E-state index is 0.391. The summed E-state index contributed by atoms with van der Waals surface area (Å²) in [6, 6.07) is 16.0. The SMILES string of the molecule is CCCc1ccc(-c2cccc(OC3CC3)c2)c(C2CCCC2(C)C)c1. The summed E-state index contributed by atoms with van der Waals surface area (Å²) in [5.41, 5.74) is 6.15. The van der Waals surface area contributed by atoms with Gasteiger partial charge in [-0.2, -0.15) is 0 Å². The maximum absolute atomic E-state index is 6.06. The lowest BCUT2D eigenvalue weighted by Gasteiger charge is -2.30. The second kappa shape index (κ2) is 7.10. The van der Waals surface area contributed by atoms with Crippen LogP contribution in [0.1, 0.15) is 76.3 Å². The Kier molecular flexibility index (Phi) is 4.82. The van der Waals surface area contributed by atoms with Crippen LogP contribution in [0.3, 0.4) is 0 Å². The van der Waals surface area contributed by atoms with Crippen molar-refractivity contribution in [3.63, 3.8) is 0 Å². The first-order valence-corrected chi connectivity index (χ1v) is 10.5. The molecule has 2 aromatic rings. The molecule has 0 amide bonds. The van der Waals surface area contributed by atoms with Gasteiger partial charge in [0.05, 0.1) is 6.10 Å². The van der Waals surface area contributed by atoms with Gasteiger partial charge in [-0.05, 0) is 77.8 Å². The van der Waals surface area contributed by atoms with Gasteiger partial charge in [0.15, 0.2) is 0 Å². The Morgan fingerprint density at radius 3 is 2.58 bits per heavy atom. The van der Waals surface area contributed by atoms with Crippen LogP contribution in [0, 0.1) is 5.41 Å². The van der Waals surface area contributed by atoms with Crippen molar-refractivity contribution >= 4 is 0 Å². The average molecular weight is 349 g/mol. The molecule has 0 aromatic heterocycles. The molecule has 0 aliphatic heterocycles. The van der Waals surface area contributed by atoms with E-state index < -0.39 is 0 Å². The van der Waals surface area contributed by atoms with E-state index in [1.807, 2.05) is 0 Å². The maximum Gasteiger partial charge on any atom is 0.120 e. The number of rotatable bonds is 6. The normalized spacial score (nSPS) is 21.7. The second-order valence-electron chi connectivity index (χ2n) is 8.95. The van der Waals surface area contributed by atoms with Gasteiger partial charge in [-0.1, -0.05) is 63.9 Å². The Hall–Kier alpha value is -1.76. The van der Waals surface area contributed by atoms with Crippen LogP contribution in [0.5, 0.6) is 5.75 Å². The molecule has 4 rings (SSSR count).